The number of rotatable bonds is 1. The second kappa shape index (κ2) is 2.91. The Morgan fingerprint density at radius 2 is 1.92 bits per heavy atom. The highest BCUT2D eigenvalue weighted by Gasteiger charge is 2.11. The van der Waals surface area contributed by atoms with Gasteiger partial charge in [-0.3, -0.25) is 0 Å². The minimum atomic E-state index is -1.11. The highest BCUT2D eigenvalue weighted by atomic mass is 35.5. The summed E-state index contributed by atoms with van der Waals surface area (Å²) in [4.78, 5) is 10.5. The molecule has 0 aliphatic heterocycles. The first-order chi connectivity index (χ1) is 5.54. The zero-order valence-corrected chi connectivity index (χ0v) is 6.80. The first-order valence-electron chi connectivity index (χ1n) is 3.10. The zero-order chi connectivity index (χ0) is 9.30. The molecule has 0 saturated carbocycles. The van der Waals surface area contributed by atoms with E-state index in [4.69, 9.17) is 28.2 Å². The third-order valence-electron chi connectivity index (χ3n) is 1.46. The molecule has 4 nitrogen and oxygen atoms in total. The lowest BCUT2D eigenvalue weighted by Gasteiger charge is -2.04. The van der Waals surface area contributed by atoms with Crippen molar-refractivity contribution in [3.05, 3.63) is 22.7 Å². The van der Waals surface area contributed by atoms with E-state index in [1.165, 1.54) is 12.1 Å². The number of aromatic carboxylic acids is 1. The van der Waals surface area contributed by atoms with E-state index in [1.54, 1.807) is 0 Å². The van der Waals surface area contributed by atoms with Gasteiger partial charge in [-0.15, -0.1) is 0 Å². The number of nitrogens with two attached hydrogens (primary N) is 2. The number of halogens is 1. The molecule has 12 heavy (non-hydrogen) atoms. The van der Waals surface area contributed by atoms with Gasteiger partial charge in [0.2, 0.25) is 0 Å². The fraction of sp³-hybridized carbons (Fsp3) is 0. The van der Waals surface area contributed by atoms with Gasteiger partial charge in [0.1, 0.15) is 0 Å². The molecule has 0 radical (unpaired) electrons. The molecule has 0 aromatic heterocycles. The van der Waals surface area contributed by atoms with Crippen LogP contribution < -0.4 is 11.5 Å². The van der Waals surface area contributed by atoms with Crippen LogP contribution in [0, 0.1) is 0 Å². The normalized spacial score (nSPS) is 9.75. The maximum Gasteiger partial charge on any atom is 0.337 e. The predicted molar refractivity (Wildman–Crippen MR) is 47.2 cm³/mol. The summed E-state index contributed by atoms with van der Waals surface area (Å²) >= 11 is 5.59. The molecule has 5 N–H and O–H groups in total. The fourth-order valence-electron chi connectivity index (χ4n) is 0.796. The first-order valence-corrected chi connectivity index (χ1v) is 3.48. The van der Waals surface area contributed by atoms with Crippen LogP contribution in [0.4, 0.5) is 11.4 Å². The van der Waals surface area contributed by atoms with Gasteiger partial charge in [-0.1, -0.05) is 11.6 Å². The molecule has 1 aromatic carbocycles. The number of benzene rings is 1. The van der Waals surface area contributed by atoms with Crippen LogP contribution in [0.1, 0.15) is 10.4 Å². The van der Waals surface area contributed by atoms with Gasteiger partial charge in [-0.25, -0.2) is 4.79 Å². The summed E-state index contributed by atoms with van der Waals surface area (Å²) in [5.74, 6) is -1.11. The summed E-state index contributed by atoms with van der Waals surface area (Å²) in [5, 5.41) is 8.86. The third-order valence-corrected chi connectivity index (χ3v) is 1.79. The molecule has 64 valence electrons. The maximum absolute atomic E-state index is 10.5. The van der Waals surface area contributed by atoms with E-state index >= 15 is 0 Å². The van der Waals surface area contributed by atoms with Gasteiger partial charge in [0.15, 0.2) is 0 Å². The standard InChI is InChI=1S/C7H7ClN2O2/c8-4-2-1-3(7(11)12)5(9)6(4)10/h1-2H,9-10H2,(H,11,12). The molecule has 0 amide bonds. The number of hydrogen-bond donors (Lipinski definition) is 3. The molecule has 0 aliphatic carbocycles. The molecule has 1 rings (SSSR count). The monoisotopic (exact) mass is 186 g/mol. The Kier molecular flexibility index (Phi) is 2.10. The second-order valence-electron chi connectivity index (χ2n) is 2.23. The number of hydrogen-bond acceptors (Lipinski definition) is 3. The number of carbonyl (C=O) groups is 1. The molecule has 0 bridgehead atoms. The summed E-state index contributed by atoms with van der Waals surface area (Å²) in [6.07, 6.45) is 0. The Hall–Kier alpha value is -1.42. The number of anilines is 2. The number of nitrogen functional groups attached to an aromatic ring is 2. The molecule has 0 unspecified atom stereocenters. The smallest absolute Gasteiger partial charge is 0.337 e. The molecular weight excluding hydrogens is 180 g/mol. The van der Waals surface area contributed by atoms with E-state index < -0.39 is 5.97 Å². The fourth-order valence-corrected chi connectivity index (χ4v) is 0.961. The molecule has 0 heterocycles. The topological polar surface area (TPSA) is 89.3 Å². The van der Waals surface area contributed by atoms with Gasteiger partial charge in [0.25, 0.3) is 0 Å². The van der Waals surface area contributed by atoms with Crippen LogP contribution in [0.25, 0.3) is 0 Å². The Morgan fingerprint density at radius 3 is 2.42 bits per heavy atom. The average molecular weight is 187 g/mol. The van der Waals surface area contributed by atoms with Crippen molar-refractivity contribution in [3.63, 3.8) is 0 Å². The molecule has 0 spiro atoms. The van der Waals surface area contributed by atoms with Crippen molar-refractivity contribution < 1.29 is 9.90 Å². The molecule has 0 saturated heterocycles. The van der Waals surface area contributed by atoms with Crippen LogP contribution in [-0.4, -0.2) is 11.1 Å². The van der Waals surface area contributed by atoms with E-state index in [1.807, 2.05) is 0 Å². The summed E-state index contributed by atoms with van der Waals surface area (Å²) in [7, 11) is 0. The molecule has 0 atom stereocenters. The summed E-state index contributed by atoms with van der Waals surface area (Å²) in [5.41, 5.74) is 10.9. The van der Waals surface area contributed by atoms with E-state index in [0.717, 1.165) is 0 Å². The number of carboxylic acid groups (broad SMARTS) is 1. The van der Waals surface area contributed by atoms with Gasteiger partial charge in [-0.05, 0) is 12.1 Å². The predicted octanol–water partition coefficient (Wildman–Crippen LogP) is 1.20. The van der Waals surface area contributed by atoms with Crippen molar-refractivity contribution in [3.8, 4) is 0 Å². The van der Waals surface area contributed by atoms with Gasteiger partial charge in [-0.2, -0.15) is 0 Å². The van der Waals surface area contributed by atoms with Crippen LogP contribution in [0.3, 0.4) is 0 Å². The average Bonchev–Trinajstić information content (AvgIpc) is 2.00. The maximum atomic E-state index is 10.5. The quantitative estimate of drug-likeness (QED) is 0.575. The lowest BCUT2D eigenvalue weighted by atomic mass is 10.1. The van der Waals surface area contributed by atoms with Crippen molar-refractivity contribution in [1.29, 1.82) is 0 Å². The van der Waals surface area contributed by atoms with Crippen LogP contribution in [0.2, 0.25) is 5.02 Å². The van der Waals surface area contributed by atoms with E-state index in [0.29, 0.717) is 0 Å². The Bertz CT molecular complexity index is 338. The second-order valence-corrected chi connectivity index (χ2v) is 2.63. The summed E-state index contributed by atoms with van der Waals surface area (Å²) in [6.45, 7) is 0. The van der Waals surface area contributed by atoms with Crippen LogP contribution >= 0.6 is 11.6 Å². The molecule has 0 aliphatic rings. The Morgan fingerprint density at radius 1 is 1.33 bits per heavy atom. The van der Waals surface area contributed by atoms with Crippen LogP contribution in [0.15, 0.2) is 12.1 Å². The molecule has 5 heteroatoms. The van der Waals surface area contributed by atoms with E-state index in [-0.39, 0.29) is 22.0 Å². The lowest BCUT2D eigenvalue weighted by Crippen LogP contribution is -2.05. The highest BCUT2D eigenvalue weighted by Crippen LogP contribution is 2.27. The molecular formula is C7H7ClN2O2. The summed E-state index contributed by atoms with van der Waals surface area (Å²) < 4.78 is 0. The third kappa shape index (κ3) is 1.29. The largest absolute Gasteiger partial charge is 0.478 e. The zero-order valence-electron chi connectivity index (χ0n) is 6.04. The van der Waals surface area contributed by atoms with Gasteiger partial charge in [0, 0.05) is 0 Å². The summed E-state index contributed by atoms with van der Waals surface area (Å²) in [6, 6.07) is 2.72. The Balaban J connectivity index is 3.36. The minimum absolute atomic E-state index is 0.00926. The van der Waals surface area contributed by atoms with Crippen LogP contribution in [0.5, 0.6) is 0 Å². The van der Waals surface area contributed by atoms with Crippen molar-refractivity contribution >= 4 is 28.9 Å². The first kappa shape index (κ1) is 8.67. The number of carboxylic acids is 1. The van der Waals surface area contributed by atoms with Crippen molar-refractivity contribution in [1.82, 2.24) is 0 Å². The van der Waals surface area contributed by atoms with Gasteiger partial charge >= 0.3 is 5.97 Å². The van der Waals surface area contributed by atoms with Crippen molar-refractivity contribution in [2.24, 2.45) is 0 Å². The SMILES string of the molecule is Nc1c(Cl)ccc(C(=O)O)c1N. The van der Waals surface area contributed by atoms with E-state index in [2.05, 4.69) is 0 Å². The molecule has 1 aromatic rings. The highest BCUT2D eigenvalue weighted by molar-refractivity contribution is 6.34. The minimum Gasteiger partial charge on any atom is -0.478 e. The van der Waals surface area contributed by atoms with Gasteiger partial charge in [0.05, 0.1) is 22.0 Å². The van der Waals surface area contributed by atoms with Crippen molar-refractivity contribution in [2.75, 3.05) is 11.5 Å². The van der Waals surface area contributed by atoms with E-state index in [9.17, 15) is 4.79 Å². The van der Waals surface area contributed by atoms with Crippen molar-refractivity contribution in [2.45, 2.75) is 0 Å². The lowest BCUT2D eigenvalue weighted by molar-refractivity contribution is 0.0698. The Labute approximate surface area is 73.7 Å². The van der Waals surface area contributed by atoms with Crippen LogP contribution in [-0.2, 0) is 0 Å². The molecule has 0 fully saturated rings. The van der Waals surface area contributed by atoms with Gasteiger partial charge < -0.3 is 16.6 Å².